The summed E-state index contributed by atoms with van der Waals surface area (Å²) < 4.78 is 21.8. The van der Waals surface area contributed by atoms with Crippen molar-refractivity contribution in [1.29, 1.82) is 0 Å². The molecule has 2 aromatic rings. The van der Waals surface area contributed by atoms with E-state index in [4.69, 9.17) is 14.8 Å². The van der Waals surface area contributed by atoms with Crippen molar-refractivity contribution in [2.24, 2.45) is 10.1 Å². The second kappa shape index (κ2) is 7.62. The maximum absolute atomic E-state index is 14.3. The van der Waals surface area contributed by atoms with Crippen molar-refractivity contribution in [2.45, 2.75) is 44.6 Å². The first kappa shape index (κ1) is 16.7. The fourth-order valence-corrected chi connectivity index (χ4v) is 4.18. The van der Waals surface area contributed by atoms with E-state index in [1.165, 1.54) is 36.0 Å². The topological polar surface area (TPSA) is 38.9 Å². The predicted molar refractivity (Wildman–Crippen MR) is 98.4 cm³/mol. The Bertz CT molecular complexity index is 825. The van der Waals surface area contributed by atoms with Crippen molar-refractivity contribution in [3.05, 3.63) is 40.3 Å². The smallest absolute Gasteiger partial charge is 0.206 e. The van der Waals surface area contributed by atoms with Crippen molar-refractivity contribution < 1.29 is 9.13 Å². The molecule has 2 heterocycles. The number of ether oxygens (including phenoxy) is 1. The van der Waals surface area contributed by atoms with Gasteiger partial charge in [0.15, 0.2) is 0 Å². The van der Waals surface area contributed by atoms with Crippen LogP contribution in [0.5, 0.6) is 0 Å². The predicted octanol–water partition coefficient (Wildman–Crippen LogP) is 4.21. The molecule has 0 amide bonds. The third-order valence-electron chi connectivity index (χ3n) is 4.71. The van der Waals surface area contributed by atoms with Crippen LogP contribution in [0.3, 0.4) is 0 Å². The summed E-state index contributed by atoms with van der Waals surface area (Å²) in [5, 5.41) is 6.77. The molecule has 1 aliphatic heterocycles. The highest BCUT2D eigenvalue weighted by Gasteiger charge is 2.17. The van der Waals surface area contributed by atoms with Gasteiger partial charge in [0.05, 0.1) is 18.3 Å². The quantitative estimate of drug-likeness (QED) is 0.806. The standard InChI is InChI=1S/C19H22FN3OS/c20-17-10-4-3-9-16(17)18-13-25-19(21-12-15-8-5-11-24-15)23(18)22-14-6-1-2-7-14/h3-4,9-10,13,15H,1-2,5-8,11-12H2/t15-/m0/s1. The summed E-state index contributed by atoms with van der Waals surface area (Å²) in [6.45, 7) is 1.47. The third kappa shape index (κ3) is 3.75. The molecule has 25 heavy (non-hydrogen) atoms. The third-order valence-corrected chi connectivity index (χ3v) is 5.57. The lowest BCUT2D eigenvalue weighted by molar-refractivity contribution is 0.117. The number of hydrogen-bond donors (Lipinski definition) is 0. The Balaban J connectivity index is 1.75. The monoisotopic (exact) mass is 359 g/mol. The van der Waals surface area contributed by atoms with Gasteiger partial charge in [-0.15, -0.1) is 11.3 Å². The van der Waals surface area contributed by atoms with Crippen LogP contribution in [0.1, 0.15) is 38.5 Å². The maximum atomic E-state index is 14.3. The van der Waals surface area contributed by atoms with Crippen LogP contribution in [0.25, 0.3) is 11.3 Å². The zero-order valence-corrected chi connectivity index (χ0v) is 15.0. The average molecular weight is 359 g/mol. The van der Waals surface area contributed by atoms with Gasteiger partial charge in [-0.2, -0.15) is 5.10 Å². The van der Waals surface area contributed by atoms with Crippen LogP contribution in [-0.4, -0.2) is 29.6 Å². The molecule has 1 saturated carbocycles. The van der Waals surface area contributed by atoms with Crippen molar-refractivity contribution in [1.82, 2.24) is 4.68 Å². The number of hydrogen-bond acceptors (Lipinski definition) is 4. The zero-order valence-electron chi connectivity index (χ0n) is 14.2. The minimum Gasteiger partial charge on any atom is -0.376 e. The second-order valence-electron chi connectivity index (χ2n) is 6.54. The van der Waals surface area contributed by atoms with Crippen molar-refractivity contribution >= 4 is 17.0 Å². The molecular formula is C19H22FN3OS. The maximum Gasteiger partial charge on any atom is 0.206 e. The van der Waals surface area contributed by atoms with Crippen LogP contribution in [0.2, 0.25) is 0 Å². The van der Waals surface area contributed by atoms with E-state index in [1.54, 1.807) is 12.1 Å². The van der Waals surface area contributed by atoms with Gasteiger partial charge in [0.2, 0.25) is 4.80 Å². The molecule has 2 aliphatic rings. The van der Waals surface area contributed by atoms with Gasteiger partial charge in [-0.3, -0.25) is 4.99 Å². The Labute approximate surface area is 150 Å². The van der Waals surface area contributed by atoms with Gasteiger partial charge in [-0.25, -0.2) is 9.07 Å². The Morgan fingerprint density at radius 2 is 2.04 bits per heavy atom. The summed E-state index contributed by atoms with van der Waals surface area (Å²) in [6, 6.07) is 6.85. The highest BCUT2D eigenvalue weighted by atomic mass is 32.1. The molecule has 132 valence electrons. The van der Waals surface area contributed by atoms with E-state index in [2.05, 4.69) is 0 Å². The van der Waals surface area contributed by atoms with E-state index >= 15 is 0 Å². The normalized spacial score (nSPS) is 21.2. The number of thiazole rings is 1. The summed E-state index contributed by atoms with van der Waals surface area (Å²) in [5.41, 5.74) is 2.52. The van der Waals surface area contributed by atoms with Gasteiger partial charge in [0.25, 0.3) is 0 Å². The van der Waals surface area contributed by atoms with Crippen LogP contribution >= 0.6 is 11.3 Å². The molecule has 0 radical (unpaired) electrons. The van der Waals surface area contributed by atoms with E-state index in [-0.39, 0.29) is 11.9 Å². The first-order chi connectivity index (χ1) is 12.3. The summed E-state index contributed by atoms with van der Waals surface area (Å²) in [4.78, 5) is 5.55. The summed E-state index contributed by atoms with van der Waals surface area (Å²) >= 11 is 1.51. The minimum atomic E-state index is -0.230. The molecule has 0 N–H and O–H groups in total. The molecule has 1 atom stereocenters. The van der Waals surface area contributed by atoms with E-state index in [1.807, 2.05) is 16.1 Å². The Kier molecular flexibility index (Phi) is 5.08. The highest BCUT2D eigenvalue weighted by Crippen LogP contribution is 2.24. The van der Waals surface area contributed by atoms with Crippen molar-refractivity contribution in [2.75, 3.05) is 13.2 Å². The fourth-order valence-electron chi connectivity index (χ4n) is 3.35. The lowest BCUT2D eigenvalue weighted by Crippen LogP contribution is -2.18. The van der Waals surface area contributed by atoms with Gasteiger partial charge in [-0.1, -0.05) is 12.1 Å². The molecule has 4 nitrogen and oxygen atoms in total. The van der Waals surface area contributed by atoms with Crippen LogP contribution < -0.4 is 4.80 Å². The molecule has 1 aromatic heterocycles. The van der Waals surface area contributed by atoms with Gasteiger partial charge >= 0.3 is 0 Å². The van der Waals surface area contributed by atoms with E-state index in [0.717, 1.165) is 42.8 Å². The van der Waals surface area contributed by atoms with E-state index in [9.17, 15) is 4.39 Å². The number of halogens is 1. The van der Waals surface area contributed by atoms with E-state index in [0.29, 0.717) is 12.1 Å². The number of nitrogens with zero attached hydrogens (tertiary/aromatic N) is 3. The minimum absolute atomic E-state index is 0.201. The molecular weight excluding hydrogens is 337 g/mol. The molecule has 1 aliphatic carbocycles. The van der Waals surface area contributed by atoms with Crippen LogP contribution in [0, 0.1) is 5.82 Å². The Morgan fingerprint density at radius 1 is 1.20 bits per heavy atom. The fraction of sp³-hybridized carbons (Fsp3) is 0.474. The molecule has 1 saturated heterocycles. The van der Waals surface area contributed by atoms with Crippen LogP contribution in [-0.2, 0) is 4.74 Å². The molecule has 0 unspecified atom stereocenters. The lowest BCUT2D eigenvalue weighted by atomic mass is 10.1. The largest absolute Gasteiger partial charge is 0.376 e. The summed E-state index contributed by atoms with van der Waals surface area (Å²) in [6.07, 6.45) is 6.76. The first-order valence-corrected chi connectivity index (χ1v) is 9.83. The van der Waals surface area contributed by atoms with Crippen molar-refractivity contribution in [3.8, 4) is 11.3 Å². The molecule has 4 rings (SSSR count). The van der Waals surface area contributed by atoms with Crippen LogP contribution in [0.15, 0.2) is 39.7 Å². The van der Waals surface area contributed by atoms with Gasteiger partial charge in [0.1, 0.15) is 5.82 Å². The Hall–Kier alpha value is -1.79. The number of rotatable bonds is 4. The summed E-state index contributed by atoms with van der Waals surface area (Å²) in [5.74, 6) is -0.230. The lowest BCUT2D eigenvalue weighted by Gasteiger charge is -2.07. The zero-order chi connectivity index (χ0) is 17.1. The second-order valence-corrected chi connectivity index (χ2v) is 7.38. The van der Waals surface area contributed by atoms with E-state index < -0.39 is 0 Å². The molecule has 1 aromatic carbocycles. The van der Waals surface area contributed by atoms with Gasteiger partial charge in [-0.05, 0) is 50.7 Å². The highest BCUT2D eigenvalue weighted by molar-refractivity contribution is 7.07. The van der Waals surface area contributed by atoms with Gasteiger partial charge < -0.3 is 4.74 Å². The van der Waals surface area contributed by atoms with Crippen molar-refractivity contribution in [3.63, 3.8) is 0 Å². The molecule has 6 heteroatoms. The first-order valence-electron chi connectivity index (χ1n) is 8.95. The Morgan fingerprint density at radius 3 is 2.80 bits per heavy atom. The molecule has 0 bridgehead atoms. The molecule has 0 spiro atoms. The average Bonchev–Trinajstić information content (AvgIpc) is 3.37. The van der Waals surface area contributed by atoms with Crippen LogP contribution in [0.4, 0.5) is 4.39 Å². The van der Waals surface area contributed by atoms with Gasteiger partial charge in [0, 0.05) is 23.3 Å². The SMILES string of the molecule is Fc1ccccc1-c1csc(=NC[C@@H]2CCCO2)n1N=C1CCCC1. The molecule has 2 fully saturated rings. The number of benzene rings is 1. The number of aromatic nitrogens is 1. The summed E-state index contributed by atoms with van der Waals surface area (Å²) in [7, 11) is 0.